The second-order valence-corrected chi connectivity index (χ2v) is 6.43. The number of hydrogen-bond donors (Lipinski definition) is 1. The summed E-state index contributed by atoms with van der Waals surface area (Å²) in [6, 6.07) is 30.6. The first-order chi connectivity index (χ1) is 11.8. The highest BCUT2D eigenvalue weighted by Crippen LogP contribution is 2.42. The van der Waals surface area contributed by atoms with Gasteiger partial charge in [0, 0.05) is 13.1 Å². The minimum atomic E-state index is -0.975. The largest absolute Gasteiger partial charge is 0.379 e. The molecule has 0 saturated carbocycles. The van der Waals surface area contributed by atoms with Crippen LogP contribution >= 0.6 is 0 Å². The molecule has 1 N–H and O–H groups in total. The van der Waals surface area contributed by atoms with E-state index >= 15 is 0 Å². The fourth-order valence-corrected chi connectivity index (χ4v) is 3.50. The average Bonchev–Trinajstić information content (AvgIpc) is 3.43. The van der Waals surface area contributed by atoms with Crippen molar-refractivity contribution in [3.05, 3.63) is 108 Å². The minimum Gasteiger partial charge on any atom is -0.379 e. The van der Waals surface area contributed by atoms with Crippen molar-refractivity contribution in [1.29, 1.82) is 0 Å². The van der Waals surface area contributed by atoms with Gasteiger partial charge in [-0.1, -0.05) is 91.0 Å². The second kappa shape index (κ2) is 6.23. The minimum absolute atomic E-state index is 0.0995. The molecule has 2 atom stereocenters. The molecule has 24 heavy (non-hydrogen) atoms. The lowest BCUT2D eigenvalue weighted by Crippen LogP contribution is -2.36. The molecule has 3 aromatic rings. The highest BCUT2D eigenvalue weighted by atomic mass is 16.3. The van der Waals surface area contributed by atoms with Crippen LogP contribution in [-0.2, 0) is 12.1 Å². The van der Waals surface area contributed by atoms with Crippen molar-refractivity contribution in [3.8, 4) is 0 Å². The molecule has 0 aliphatic carbocycles. The predicted octanol–water partition coefficient (Wildman–Crippen LogP) is 3.81. The Kier molecular flexibility index (Phi) is 3.93. The van der Waals surface area contributed by atoms with Crippen molar-refractivity contribution in [2.75, 3.05) is 6.54 Å². The number of aliphatic hydroxyl groups is 1. The van der Waals surface area contributed by atoms with Crippen LogP contribution in [-0.4, -0.2) is 22.6 Å². The SMILES string of the molecule is OC(c1ccccc1)(c1ccccc1)[C@H]1CN1Cc1ccccc1. The van der Waals surface area contributed by atoms with E-state index in [1.54, 1.807) is 0 Å². The average molecular weight is 315 g/mol. The molecule has 1 heterocycles. The van der Waals surface area contributed by atoms with Gasteiger partial charge in [-0.05, 0) is 16.7 Å². The Balaban J connectivity index is 1.66. The summed E-state index contributed by atoms with van der Waals surface area (Å²) in [5.41, 5.74) is 2.22. The first-order valence-electron chi connectivity index (χ1n) is 8.40. The number of benzene rings is 3. The predicted molar refractivity (Wildman–Crippen MR) is 96.5 cm³/mol. The summed E-state index contributed by atoms with van der Waals surface area (Å²) in [5.74, 6) is 0. The molecule has 1 aliphatic rings. The van der Waals surface area contributed by atoms with Gasteiger partial charge in [0.05, 0.1) is 6.04 Å². The number of hydrogen-bond acceptors (Lipinski definition) is 2. The van der Waals surface area contributed by atoms with E-state index in [1.165, 1.54) is 5.56 Å². The molecule has 3 aromatic carbocycles. The molecule has 2 heteroatoms. The third-order valence-corrected chi connectivity index (χ3v) is 4.85. The summed E-state index contributed by atoms with van der Waals surface area (Å²) in [7, 11) is 0. The van der Waals surface area contributed by atoms with Crippen molar-refractivity contribution in [2.45, 2.75) is 18.2 Å². The Morgan fingerprint density at radius 3 is 1.71 bits per heavy atom. The van der Waals surface area contributed by atoms with E-state index in [-0.39, 0.29) is 6.04 Å². The molecular formula is C22H21NO. The Morgan fingerprint density at radius 2 is 1.21 bits per heavy atom. The van der Waals surface area contributed by atoms with Gasteiger partial charge in [-0.2, -0.15) is 0 Å². The summed E-state index contributed by atoms with van der Waals surface area (Å²) < 4.78 is 0. The van der Waals surface area contributed by atoms with Crippen LogP contribution in [0.1, 0.15) is 16.7 Å². The fourth-order valence-electron chi connectivity index (χ4n) is 3.50. The maximum Gasteiger partial charge on any atom is 0.131 e. The smallest absolute Gasteiger partial charge is 0.131 e. The summed E-state index contributed by atoms with van der Waals surface area (Å²) in [6.45, 7) is 1.77. The highest BCUT2D eigenvalue weighted by Gasteiger charge is 2.52. The van der Waals surface area contributed by atoms with Crippen LogP contribution in [0.3, 0.4) is 0 Å². The zero-order valence-corrected chi connectivity index (χ0v) is 13.5. The Bertz CT molecular complexity index is 746. The van der Waals surface area contributed by atoms with E-state index < -0.39 is 5.60 Å². The van der Waals surface area contributed by atoms with Crippen LogP contribution in [0.25, 0.3) is 0 Å². The molecule has 1 fully saturated rings. The van der Waals surface area contributed by atoms with Gasteiger partial charge in [0.1, 0.15) is 5.60 Å². The second-order valence-electron chi connectivity index (χ2n) is 6.43. The van der Waals surface area contributed by atoms with Gasteiger partial charge in [0.25, 0.3) is 0 Å². The quantitative estimate of drug-likeness (QED) is 0.724. The normalized spacial score (nSPS) is 19.9. The number of rotatable bonds is 5. The third-order valence-electron chi connectivity index (χ3n) is 4.85. The molecule has 0 aromatic heterocycles. The van der Waals surface area contributed by atoms with Crippen LogP contribution in [0, 0.1) is 0 Å². The summed E-state index contributed by atoms with van der Waals surface area (Å²) >= 11 is 0. The monoisotopic (exact) mass is 315 g/mol. The van der Waals surface area contributed by atoms with E-state index in [9.17, 15) is 5.11 Å². The zero-order valence-electron chi connectivity index (χ0n) is 13.5. The topological polar surface area (TPSA) is 23.2 Å². The molecule has 0 spiro atoms. The Morgan fingerprint density at radius 1 is 0.750 bits per heavy atom. The first-order valence-corrected chi connectivity index (χ1v) is 8.40. The molecule has 1 aliphatic heterocycles. The van der Waals surface area contributed by atoms with Crippen LogP contribution < -0.4 is 0 Å². The lowest BCUT2D eigenvalue weighted by Gasteiger charge is -2.30. The molecule has 0 radical (unpaired) electrons. The van der Waals surface area contributed by atoms with E-state index in [4.69, 9.17) is 0 Å². The van der Waals surface area contributed by atoms with Crippen molar-refractivity contribution < 1.29 is 5.11 Å². The molecule has 1 saturated heterocycles. The van der Waals surface area contributed by atoms with Gasteiger partial charge in [0.2, 0.25) is 0 Å². The maximum atomic E-state index is 11.7. The van der Waals surface area contributed by atoms with Gasteiger partial charge in [-0.3, -0.25) is 4.90 Å². The lowest BCUT2D eigenvalue weighted by molar-refractivity contribution is 0.0638. The Hall–Kier alpha value is -2.42. The third kappa shape index (κ3) is 2.75. The fraction of sp³-hybridized carbons (Fsp3) is 0.182. The van der Waals surface area contributed by atoms with Crippen molar-refractivity contribution in [2.24, 2.45) is 0 Å². The van der Waals surface area contributed by atoms with Gasteiger partial charge < -0.3 is 5.11 Å². The van der Waals surface area contributed by atoms with Gasteiger partial charge in [-0.15, -0.1) is 0 Å². The van der Waals surface area contributed by atoms with Crippen LogP contribution in [0.5, 0.6) is 0 Å². The molecule has 0 amide bonds. The molecule has 1 unspecified atom stereocenters. The van der Waals surface area contributed by atoms with Crippen molar-refractivity contribution in [3.63, 3.8) is 0 Å². The summed E-state index contributed by atoms with van der Waals surface area (Å²) in [5, 5.41) is 11.7. The highest BCUT2D eigenvalue weighted by molar-refractivity contribution is 5.40. The summed E-state index contributed by atoms with van der Waals surface area (Å²) in [6.07, 6.45) is 0. The Labute approximate surface area is 143 Å². The maximum absolute atomic E-state index is 11.7. The molecule has 0 bridgehead atoms. The van der Waals surface area contributed by atoms with Crippen molar-refractivity contribution >= 4 is 0 Å². The molecule has 2 nitrogen and oxygen atoms in total. The van der Waals surface area contributed by atoms with Crippen LogP contribution in [0.4, 0.5) is 0 Å². The van der Waals surface area contributed by atoms with Crippen LogP contribution in [0.2, 0.25) is 0 Å². The molecule has 120 valence electrons. The lowest BCUT2D eigenvalue weighted by atomic mass is 9.83. The van der Waals surface area contributed by atoms with Gasteiger partial charge in [-0.25, -0.2) is 0 Å². The van der Waals surface area contributed by atoms with E-state index in [0.717, 1.165) is 24.2 Å². The first kappa shape index (κ1) is 15.1. The van der Waals surface area contributed by atoms with Crippen LogP contribution in [0.15, 0.2) is 91.0 Å². The van der Waals surface area contributed by atoms with E-state index in [0.29, 0.717) is 0 Å². The van der Waals surface area contributed by atoms with E-state index in [1.807, 2.05) is 66.7 Å². The molecular weight excluding hydrogens is 294 g/mol. The standard InChI is InChI=1S/C22H21NO/c24-22(19-12-6-2-7-13-19,20-14-8-3-9-15-20)21-17-23(21)16-18-10-4-1-5-11-18/h1-15,21,24H,16-17H2/t21-,23?/m1/s1. The summed E-state index contributed by atoms with van der Waals surface area (Å²) in [4.78, 5) is 2.33. The van der Waals surface area contributed by atoms with Gasteiger partial charge in [0.15, 0.2) is 0 Å². The van der Waals surface area contributed by atoms with Crippen molar-refractivity contribution in [1.82, 2.24) is 4.90 Å². The number of nitrogens with zero attached hydrogens (tertiary/aromatic N) is 1. The molecule has 4 rings (SSSR count). The zero-order chi connectivity index (χ0) is 16.4. The van der Waals surface area contributed by atoms with Gasteiger partial charge >= 0.3 is 0 Å². The van der Waals surface area contributed by atoms with E-state index in [2.05, 4.69) is 29.2 Å².